The molecule has 7 nitrogen and oxygen atoms in total. The number of anilines is 1. The molecule has 0 bridgehead atoms. The number of hydrogen-bond acceptors (Lipinski definition) is 7. The van der Waals surface area contributed by atoms with Gasteiger partial charge in [0.1, 0.15) is 11.2 Å². The third-order valence-corrected chi connectivity index (χ3v) is 4.31. The summed E-state index contributed by atoms with van der Waals surface area (Å²) in [6.07, 6.45) is 1.65. The first-order valence-electron chi connectivity index (χ1n) is 8.35. The third kappa shape index (κ3) is 3.83. The van der Waals surface area contributed by atoms with E-state index >= 15 is 0 Å². The Kier molecular flexibility index (Phi) is 4.79. The molecule has 1 unspecified atom stereocenters. The van der Waals surface area contributed by atoms with E-state index in [1.807, 2.05) is 0 Å². The number of benzene rings is 1. The molecule has 11 heteroatoms. The van der Waals surface area contributed by atoms with Crippen LogP contribution in [-0.2, 0) is 6.18 Å². The predicted octanol–water partition coefficient (Wildman–Crippen LogP) is 4.92. The molecule has 1 aromatic carbocycles. The molecule has 0 fully saturated rings. The van der Waals surface area contributed by atoms with Gasteiger partial charge in [0.2, 0.25) is 0 Å². The topological polar surface area (TPSA) is 89.6 Å². The Balaban J connectivity index is 1.67. The average molecular weight is 421 g/mol. The smallest absolute Gasteiger partial charge is 0.416 e. The largest absolute Gasteiger partial charge is 0.422 e. The van der Waals surface area contributed by atoms with Crippen molar-refractivity contribution in [1.29, 1.82) is 0 Å². The van der Waals surface area contributed by atoms with Crippen LogP contribution < -0.4 is 5.32 Å². The summed E-state index contributed by atoms with van der Waals surface area (Å²) in [7, 11) is 0. The number of aromatic nitrogens is 5. The molecule has 1 N–H and O–H groups in total. The van der Waals surface area contributed by atoms with E-state index in [4.69, 9.17) is 16.0 Å². The maximum atomic E-state index is 13.0. The molecule has 4 rings (SSSR count). The van der Waals surface area contributed by atoms with Crippen LogP contribution in [0.15, 0.2) is 47.4 Å². The Bertz CT molecular complexity index is 1170. The van der Waals surface area contributed by atoms with Crippen molar-refractivity contribution in [3.05, 3.63) is 59.3 Å². The Morgan fingerprint density at radius 2 is 1.76 bits per heavy atom. The normalized spacial score (nSPS) is 12.9. The average Bonchev–Trinajstić information content (AvgIpc) is 3.11. The van der Waals surface area contributed by atoms with Crippen LogP contribution in [0.5, 0.6) is 0 Å². The van der Waals surface area contributed by atoms with E-state index < -0.39 is 17.8 Å². The maximum Gasteiger partial charge on any atom is 0.416 e. The number of nitrogens with zero attached hydrogens (tertiary/aromatic N) is 5. The van der Waals surface area contributed by atoms with Crippen molar-refractivity contribution in [2.24, 2.45) is 0 Å². The molecule has 0 aliphatic heterocycles. The first kappa shape index (κ1) is 19.1. The first-order chi connectivity index (χ1) is 13.8. The Morgan fingerprint density at radius 3 is 2.48 bits per heavy atom. The van der Waals surface area contributed by atoms with Gasteiger partial charge in [0.25, 0.3) is 6.01 Å². The second-order valence-corrected chi connectivity index (χ2v) is 6.46. The van der Waals surface area contributed by atoms with Gasteiger partial charge >= 0.3 is 6.18 Å². The fourth-order valence-electron chi connectivity index (χ4n) is 2.73. The van der Waals surface area contributed by atoms with Gasteiger partial charge in [-0.2, -0.15) is 18.2 Å². The molecular weight excluding hydrogens is 409 g/mol. The molecule has 0 aliphatic rings. The summed E-state index contributed by atoms with van der Waals surface area (Å²) < 4.78 is 44.4. The predicted molar refractivity (Wildman–Crippen MR) is 99.1 cm³/mol. The summed E-state index contributed by atoms with van der Waals surface area (Å²) in [4.78, 5) is 21.0. The van der Waals surface area contributed by atoms with Crippen LogP contribution in [0.3, 0.4) is 0 Å². The fourth-order valence-corrected chi connectivity index (χ4v) is 2.98. The van der Waals surface area contributed by atoms with Gasteiger partial charge in [-0.15, -0.1) is 0 Å². The van der Waals surface area contributed by atoms with Gasteiger partial charge in [-0.25, -0.2) is 15.0 Å². The minimum absolute atomic E-state index is 0.000641. The quantitative estimate of drug-likeness (QED) is 0.501. The lowest BCUT2D eigenvalue weighted by Crippen LogP contribution is -2.11. The van der Waals surface area contributed by atoms with Crippen molar-refractivity contribution < 1.29 is 17.6 Å². The second kappa shape index (κ2) is 7.28. The molecule has 0 saturated heterocycles. The number of hydrogen-bond donors (Lipinski definition) is 1. The molecule has 0 aliphatic carbocycles. The first-order valence-corrected chi connectivity index (χ1v) is 8.73. The van der Waals surface area contributed by atoms with Crippen LogP contribution in [-0.4, -0.2) is 24.9 Å². The molecule has 0 spiro atoms. The maximum absolute atomic E-state index is 13.0. The van der Waals surface area contributed by atoms with Crippen molar-refractivity contribution in [3.63, 3.8) is 0 Å². The number of nitrogens with one attached hydrogen (secondary N) is 1. The van der Waals surface area contributed by atoms with E-state index in [1.54, 1.807) is 25.4 Å². The Hall–Kier alpha value is -3.27. The van der Waals surface area contributed by atoms with Crippen LogP contribution in [0, 0.1) is 0 Å². The van der Waals surface area contributed by atoms with Gasteiger partial charge in [0, 0.05) is 24.8 Å². The molecule has 148 valence electrons. The molecule has 1 atom stereocenters. The van der Waals surface area contributed by atoms with E-state index in [0.717, 1.165) is 12.1 Å². The van der Waals surface area contributed by atoms with Gasteiger partial charge in [-0.3, -0.25) is 4.98 Å². The molecular formula is C18H12ClF3N6O. The Morgan fingerprint density at radius 1 is 1.03 bits per heavy atom. The van der Waals surface area contributed by atoms with E-state index in [2.05, 4.69) is 30.2 Å². The van der Waals surface area contributed by atoms with E-state index in [0.29, 0.717) is 17.2 Å². The third-order valence-electron chi connectivity index (χ3n) is 4.03. The van der Waals surface area contributed by atoms with Gasteiger partial charge in [0.05, 0.1) is 22.3 Å². The highest BCUT2D eigenvalue weighted by Gasteiger charge is 2.32. The molecule has 29 heavy (non-hydrogen) atoms. The zero-order valence-corrected chi connectivity index (χ0v) is 15.5. The fraction of sp³-hybridized carbons (Fsp3) is 0.167. The van der Waals surface area contributed by atoms with E-state index in [1.165, 1.54) is 12.4 Å². The Labute approximate surface area is 167 Å². The van der Waals surface area contributed by atoms with Crippen molar-refractivity contribution in [2.75, 3.05) is 5.32 Å². The summed E-state index contributed by atoms with van der Waals surface area (Å²) in [5.41, 5.74) is 0.121. The molecule has 0 amide bonds. The van der Waals surface area contributed by atoms with Crippen LogP contribution >= 0.6 is 11.6 Å². The standard InChI is InChI=1S/C18H12ClF3N6O/c1-9(13-14(24-6-5-23-13)16-25-3-2-4-26-16)27-17-28-12-8-10(18(20,21)22)7-11(19)15(12)29-17/h2-9H,1H3,(H,27,28). The van der Waals surface area contributed by atoms with E-state index in [-0.39, 0.29) is 22.1 Å². The zero-order valence-electron chi connectivity index (χ0n) is 14.8. The highest BCUT2D eigenvalue weighted by Crippen LogP contribution is 2.36. The van der Waals surface area contributed by atoms with Crippen molar-refractivity contribution in [3.8, 4) is 11.5 Å². The van der Waals surface area contributed by atoms with Gasteiger partial charge in [0.15, 0.2) is 11.4 Å². The molecule has 3 heterocycles. The van der Waals surface area contributed by atoms with Crippen molar-refractivity contribution in [2.45, 2.75) is 19.1 Å². The van der Waals surface area contributed by atoms with Gasteiger partial charge < -0.3 is 9.73 Å². The SMILES string of the molecule is CC(Nc1nc2cc(C(F)(F)F)cc(Cl)c2o1)c1nccnc1-c1ncccn1. The highest BCUT2D eigenvalue weighted by molar-refractivity contribution is 6.34. The number of alkyl halides is 3. The summed E-state index contributed by atoms with van der Waals surface area (Å²) in [5, 5.41) is 2.79. The summed E-state index contributed by atoms with van der Waals surface area (Å²) in [6.45, 7) is 1.77. The number of halogens is 4. The lowest BCUT2D eigenvalue weighted by atomic mass is 10.1. The van der Waals surface area contributed by atoms with Gasteiger partial charge in [-0.1, -0.05) is 11.6 Å². The minimum Gasteiger partial charge on any atom is -0.422 e. The number of rotatable bonds is 4. The minimum atomic E-state index is -4.54. The highest BCUT2D eigenvalue weighted by atomic mass is 35.5. The van der Waals surface area contributed by atoms with Crippen molar-refractivity contribution in [1.82, 2.24) is 24.9 Å². The zero-order chi connectivity index (χ0) is 20.6. The lowest BCUT2D eigenvalue weighted by Gasteiger charge is -2.14. The summed E-state index contributed by atoms with van der Waals surface area (Å²) >= 11 is 5.94. The number of oxazole rings is 1. The summed E-state index contributed by atoms with van der Waals surface area (Å²) in [6, 6.07) is 2.90. The van der Waals surface area contributed by atoms with Crippen LogP contribution in [0.4, 0.5) is 19.2 Å². The van der Waals surface area contributed by atoms with Crippen LogP contribution in [0.2, 0.25) is 5.02 Å². The van der Waals surface area contributed by atoms with E-state index in [9.17, 15) is 13.2 Å². The summed E-state index contributed by atoms with van der Waals surface area (Å²) in [5.74, 6) is 0.389. The molecule has 3 aromatic heterocycles. The lowest BCUT2D eigenvalue weighted by molar-refractivity contribution is -0.137. The molecule has 4 aromatic rings. The monoisotopic (exact) mass is 420 g/mol. The van der Waals surface area contributed by atoms with Crippen LogP contribution in [0.1, 0.15) is 24.2 Å². The van der Waals surface area contributed by atoms with Crippen LogP contribution in [0.25, 0.3) is 22.6 Å². The number of fused-ring (bicyclic) bond motifs is 1. The molecule has 0 radical (unpaired) electrons. The van der Waals surface area contributed by atoms with Crippen molar-refractivity contribution >= 4 is 28.7 Å². The van der Waals surface area contributed by atoms with Gasteiger partial charge in [-0.05, 0) is 25.1 Å². The second-order valence-electron chi connectivity index (χ2n) is 6.05. The molecule has 0 saturated carbocycles.